The van der Waals surface area contributed by atoms with Gasteiger partial charge in [0.2, 0.25) is 10.0 Å². The third-order valence-electron chi connectivity index (χ3n) is 5.73. The molecule has 2 aliphatic rings. The van der Waals surface area contributed by atoms with E-state index in [2.05, 4.69) is 4.98 Å². The molecule has 146 valence electrons. The lowest BCUT2D eigenvalue weighted by atomic mass is 9.81. The summed E-state index contributed by atoms with van der Waals surface area (Å²) in [6, 6.07) is 7.94. The Labute approximate surface area is 157 Å². The summed E-state index contributed by atoms with van der Waals surface area (Å²) in [5.41, 5.74) is 3.55. The van der Waals surface area contributed by atoms with Gasteiger partial charge >= 0.3 is 0 Å². The average Bonchev–Trinajstić information content (AvgIpc) is 3.05. The highest BCUT2D eigenvalue weighted by Gasteiger charge is 2.45. The largest absolute Gasteiger partial charge is 0.381 e. The molecule has 0 atom stereocenters. The Kier molecular flexibility index (Phi) is 4.71. The average molecular weight is 393 g/mol. The molecule has 1 saturated heterocycles. The van der Waals surface area contributed by atoms with Crippen LogP contribution in [-0.2, 0) is 32.5 Å². The smallest absolute Gasteiger partial charge is 0.250 e. The molecule has 3 N–H and O–H groups in total. The van der Waals surface area contributed by atoms with E-state index in [-0.39, 0.29) is 25.1 Å². The number of H-pyrrole nitrogens is 1. The summed E-state index contributed by atoms with van der Waals surface area (Å²) < 4.78 is 32.9. The highest BCUT2D eigenvalue weighted by molar-refractivity contribution is 7.89. The van der Waals surface area contributed by atoms with Crippen LogP contribution < -0.4 is 5.48 Å². The topological polar surface area (TPSA) is 112 Å². The minimum absolute atomic E-state index is 0.264. The van der Waals surface area contributed by atoms with Crippen molar-refractivity contribution in [3.8, 4) is 0 Å². The molecular weight excluding hydrogens is 370 g/mol. The van der Waals surface area contributed by atoms with E-state index in [9.17, 15) is 13.2 Å². The second kappa shape index (κ2) is 6.90. The molecule has 1 aromatic carbocycles. The van der Waals surface area contributed by atoms with Gasteiger partial charge in [-0.05, 0) is 30.9 Å². The van der Waals surface area contributed by atoms with Crippen LogP contribution >= 0.6 is 0 Å². The number of carbonyl (C=O) groups is 1. The highest BCUT2D eigenvalue weighted by Crippen LogP contribution is 2.35. The number of amides is 1. The van der Waals surface area contributed by atoms with Gasteiger partial charge in [0.15, 0.2) is 0 Å². The van der Waals surface area contributed by atoms with Crippen molar-refractivity contribution in [1.29, 1.82) is 0 Å². The van der Waals surface area contributed by atoms with Crippen LogP contribution in [0.4, 0.5) is 0 Å². The Morgan fingerprint density at radius 3 is 2.78 bits per heavy atom. The number of nitrogens with one attached hydrogen (secondary N) is 2. The maximum absolute atomic E-state index is 13.1. The Morgan fingerprint density at radius 2 is 2.04 bits per heavy atom. The Morgan fingerprint density at radius 1 is 1.30 bits per heavy atom. The van der Waals surface area contributed by atoms with Gasteiger partial charge in [0.05, 0.1) is 17.7 Å². The Hall–Kier alpha value is -1.94. The summed E-state index contributed by atoms with van der Waals surface area (Å²) in [6.07, 6.45) is 1.16. The zero-order valence-corrected chi connectivity index (χ0v) is 15.7. The van der Waals surface area contributed by atoms with Crippen LogP contribution in [0.25, 0.3) is 10.9 Å². The fourth-order valence-corrected chi connectivity index (χ4v) is 6.16. The quantitative estimate of drug-likeness (QED) is 0.533. The predicted molar refractivity (Wildman–Crippen MR) is 98.6 cm³/mol. The van der Waals surface area contributed by atoms with Gasteiger partial charge in [-0.15, -0.1) is 0 Å². The molecule has 0 radical (unpaired) electrons. The first-order valence-corrected chi connectivity index (χ1v) is 10.6. The molecule has 0 saturated carbocycles. The van der Waals surface area contributed by atoms with Crippen LogP contribution in [0.1, 0.15) is 24.1 Å². The van der Waals surface area contributed by atoms with Gasteiger partial charge < -0.3 is 9.72 Å². The molecular formula is C18H23N3O5S. The van der Waals surface area contributed by atoms with Crippen LogP contribution in [0.2, 0.25) is 0 Å². The van der Waals surface area contributed by atoms with E-state index in [0.29, 0.717) is 26.2 Å². The molecule has 8 nitrogen and oxygen atoms in total. The van der Waals surface area contributed by atoms with Crippen LogP contribution in [0.3, 0.4) is 0 Å². The van der Waals surface area contributed by atoms with Crippen LogP contribution in [0.15, 0.2) is 24.3 Å². The summed E-state index contributed by atoms with van der Waals surface area (Å²) in [5, 5.41) is 10.2. The van der Waals surface area contributed by atoms with Crippen molar-refractivity contribution in [3.63, 3.8) is 0 Å². The minimum Gasteiger partial charge on any atom is -0.381 e. The number of sulfonamides is 1. The normalized spacial score (nSPS) is 20.3. The molecule has 1 fully saturated rings. The maximum Gasteiger partial charge on any atom is 0.250 e. The first kappa shape index (κ1) is 18.4. The number of ether oxygens (including phenoxy) is 1. The number of fused-ring (bicyclic) bond motifs is 3. The van der Waals surface area contributed by atoms with Gasteiger partial charge in [-0.3, -0.25) is 10.0 Å². The van der Waals surface area contributed by atoms with E-state index < -0.39 is 21.3 Å². The lowest BCUT2D eigenvalue weighted by Crippen LogP contribution is -2.51. The van der Waals surface area contributed by atoms with Gasteiger partial charge in [0.1, 0.15) is 0 Å². The second-order valence-electron chi connectivity index (χ2n) is 7.30. The SMILES string of the molecule is O=C(NO)C1(CS(=O)(=O)N2CCc3c([nH]c4ccccc34)C2)CCOCC1. The van der Waals surface area contributed by atoms with Crippen molar-refractivity contribution < 1.29 is 23.2 Å². The number of hydrogen-bond donors (Lipinski definition) is 3. The standard InChI is InChI=1S/C18H23N3O5S/c22-17(20-23)18(6-9-26-10-7-18)12-27(24,25)21-8-5-14-13-3-1-2-4-15(13)19-16(14)11-21/h1-4,19,23H,5-12H2,(H,20,22). The molecule has 27 heavy (non-hydrogen) atoms. The molecule has 0 bridgehead atoms. The van der Waals surface area contributed by atoms with Crippen molar-refractivity contribution >= 4 is 26.8 Å². The lowest BCUT2D eigenvalue weighted by molar-refractivity contribution is -0.143. The number of aromatic nitrogens is 1. The molecule has 0 spiro atoms. The van der Waals surface area contributed by atoms with Gasteiger partial charge in [-0.1, -0.05) is 18.2 Å². The number of rotatable bonds is 4. The van der Waals surface area contributed by atoms with Gasteiger partial charge in [-0.25, -0.2) is 13.9 Å². The number of aromatic amines is 1. The minimum atomic E-state index is -3.69. The summed E-state index contributed by atoms with van der Waals surface area (Å²) in [5.74, 6) is -0.983. The second-order valence-corrected chi connectivity index (χ2v) is 9.27. The van der Waals surface area contributed by atoms with E-state index in [4.69, 9.17) is 9.94 Å². The first-order valence-electron chi connectivity index (χ1n) is 9.04. The monoisotopic (exact) mass is 393 g/mol. The maximum atomic E-state index is 13.1. The number of nitrogens with zero attached hydrogens (tertiary/aromatic N) is 1. The molecule has 1 aromatic heterocycles. The molecule has 1 amide bonds. The van der Waals surface area contributed by atoms with Crippen LogP contribution in [0, 0.1) is 5.41 Å². The fraction of sp³-hybridized carbons (Fsp3) is 0.500. The van der Waals surface area contributed by atoms with Gasteiger partial charge in [0.25, 0.3) is 5.91 Å². The van der Waals surface area contributed by atoms with Gasteiger partial charge in [0, 0.05) is 36.4 Å². The molecule has 4 rings (SSSR count). The number of hydrogen-bond acceptors (Lipinski definition) is 5. The number of benzene rings is 1. The third-order valence-corrected chi connectivity index (χ3v) is 7.75. The van der Waals surface area contributed by atoms with Crippen molar-refractivity contribution in [3.05, 3.63) is 35.5 Å². The van der Waals surface area contributed by atoms with Crippen molar-refractivity contribution in [2.45, 2.75) is 25.8 Å². The van der Waals surface area contributed by atoms with Crippen LogP contribution in [-0.4, -0.2) is 54.3 Å². The van der Waals surface area contributed by atoms with Crippen molar-refractivity contribution in [1.82, 2.24) is 14.8 Å². The summed E-state index contributed by atoms with van der Waals surface area (Å²) >= 11 is 0. The van der Waals surface area contributed by atoms with E-state index in [1.54, 1.807) is 5.48 Å². The molecule has 9 heteroatoms. The Bertz CT molecular complexity index is 963. The van der Waals surface area contributed by atoms with Gasteiger partial charge in [-0.2, -0.15) is 4.31 Å². The lowest BCUT2D eigenvalue weighted by Gasteiger charge is -2.36. The zero-order valence-electron chi connectivity index (χ0n) is 14.9. The molecule has 0 unspecified atom stereocenters. The molecule has 2 aliphatic heterocycles. The van der Waals surface area contributed by atoms with E-state index in [1.807, 2.05) is 24.3 Å². The van der Waals surface area contributed by atoms with E-state index >= 15 is 0 Å². The number of para-hydroxylation sites is 1. The highest BCUT2D eigenvalue weighted by atomic mass is 32.2. The van der Waals surface area contributed by atoms with Crippen molar-refractivity contribution in [2.75, 3.05) is 25.5 Å². The summed E-state index contributed by atoms with van der Waals surface area (Å²) in [7, 11) is -3.69. The first-order chi connectivity index (χ1) is 13.0. The molecule has 2 aromatic rings. The van der Waals surface area contributed by atoms with E-state index in [1.165, 1.54) is 4.31 Å². The van der Waals surface area contributed by atoms with E-state index in [0.717, 1.165) is 22.2 Å². The molecule has 0 aliphatic carbocycles. The fourth-order valence-electron chi connectivity index (χ4n) is 4.16. The van der Waals surface area contributed by atoms with Crippen LogP contribution in [0.5, 0.6) is 0 Å². The summed E-state index contributed by atoms with van der Waals surface area (Å²) in [4.78, 5) is 15.6. The predicted octanol–water partition coefficient (Wildman–Crippen LogP) is 1.16. The Balaban J connectivity index is 1.59. The van der Waals surface area contributed by atoms with Crippen molar-refractivity contribution in [2.24, 2.45) is 5.41 Å². The summed E-state index contributed by atoms with van der Waals surface area (Å²) in [6.45, 7) is 1.24. The number of hydroxylamine groups is 1. The number of carbonyl (C=O) groups excluding carboxylic acids is 1. The molecule has 3 heterocycles. The third kappa shape index (κ3) is 3.25. The zero-order chi connectivity index (χ0) is 19.1.